The molecule has 1 heterocycles. The molecule has 24 heavy (non-hydrogen) atoms. The van der Waals surface area contributed by atoms with Crippen LogP contribution in [0.2, 0.25) is 0 Å². The summed E-state index contributed by atoms with van der Waals surface area (Å²) in [5, 5.41) is 9.79. The number of carbonyl (C=O) groups is 1. The summed E-state index contributed by atoms with van der Waals surface area (Å²) in [5.41, 5.74) is 2.45. The number of hydrogen-bond acceptors (Lipinski definition) is 3. The normalized spacial score (nSPS) is 11.9. The fourth-order valence-corrected chi connectivity index (χ4v) is 2.41. The lowest BCUT2D eigenvalue weighted by atomic mass is 10.2. The summed E-state index contributed by atoms with van der Waals surface area (Å²) in [6, 6.07) is 5.92. The molecule has 0 spiro atoms. The summed E-state index contributed by atoms with van der Waals surface area (Å²) >= 11 is 0. The standard InChI is InChI=1S/C17H23FN4O2/c1-11(10-22-13(3)7-12(2)21-22)9-19-17(23)20-14-5-6-16(24-4)15(18)8-14/h5-8,11H,9-10H2,1-4H3,(H2,19,20,23)/t11-/m1/s1. The van der Waals surface area contributed by atoms with Crippen LogP contribution in [0.4, 0.5) is 14.9 Å². The maximum atomic E-state index is 13.6. The number of amides is 2. The van der Waals surface area contributed by atoms with Gasteiger partial charge in [-0.2, -0.15) is 5.10 Å². The summed E-state index contributed by atoms with van der Waals surface area (Å²) in [5.74, 6) is -0.172. The van der Waals surface area contributed by atoms with Crippen molar-refractivity contribution < 1.29 is 13.9 Å². The zero-order chi connectivity index (χ0) is 17.7. The van der Waals surface area contributed by atoms with E-state index in [1.54, 1.807) is 6.07 Å². The van der Waals surface area contributed by atoms with E-state index in [2.05, 4.69) is 15.7 Å². The Morgan fingerprint density at radius 1 is 1.38 bits per heavy atom. The molecule has 0 fully saturated rings. The Kier molecular flexibility index (Phi) is 5.78. The zero-order valence-corrected chi connectivity index (χ0v) is 14.4. The van der Waals surface area contributed by atoms with Gasteiger partial charge >= 0.3 is 6.03 Å². The number of methoxy groups -OCH3 is 1. The van der Waals surface area contributed by atoms with Gasteiger partial charge in [-0.1, -0.05) is 6.92 Å². The number of halogens is 1. The van der Waals surface area contributed by atoms with Crippen LogP contribution in [-0.4, -0.2) is 29.5 Å². The molecule has 0 radical (unpaired) electrons. The van der Waals surface area contributed by atoms with Gasteiger partial charge in [0.1, 0.15) is 0 Å². The number of nitrogens with one attached hydrogen (secondary N) is 2. The molecular formula is C17H23FN4O2. The topological polar surface area (TPSA) is 68.2 Å². The van der Waals surface area contributed by atoms with Crippen LogP contribution < -0.4 is 15.4 Å². The van der Waals surface area contributed by atoms with Crippen molar-refractivity contribution in [3.63, 3.8) is 0 Å². The number of nitrogens with zero attached hydrogens (tertiary/aromatic N) is 2. The summed E-state index contributed by atoms with van der Waals surface area (Å²) in [7, 11) is 1.39. The average molecular weight is 334 g/mol. The molecule has 0 bridgehead atoms. The molecule has 1 atom stereocenters. The third kappa shape index (κ3) is 4.71. The van der Waals surface area contributed by atoms with E-state index in [-0.39, 0.29) is 17.7 Å². The number of anilines is 1. The minimum absolute atomic E-state index is 0.138. The largest absolute Gasteiger partial charge is 0.494 e. The quantitative estimate of drug-likeness (QED) is 0.853. The molecule has 1 aromatic heterocycles. The summed E-state index contributed by atoms with van der Waals surface area (Å²) in [4.78, 5) is 11.9. The highest BCUT2D eigenvalue weighted by molar-refractivity contribution is 5.89. The van der Waals surface area contributed by atoms with Crippen molar-refractivity contribution in [2.75, 3.05) is 19.0 Å². The number of aromatic nitrogens is 2. The fourth-order valence-electron chi connectivity index (χ4n) is 2.41. The van der Waals surface area contributed by atoms with Gasteiger partial charge in [0.2, 0.25) is 0 Å². The number of urea groups is 1. The lowest BCUT2D eigenvalue weighted by molar-refractivity contribution is 0.249. The first-order chi connectivity index (χ1) is 11.4. The van der Waals surface area contributed by atoms with Gasteiger partial charge in [-0.25, -0.2) is 9.18 Å². The monoisotopic (exact) mass is 334 g/mol. The Labute approximate surface area is 141 Å². The Hall–Kier alpha value is -2.57. The molecule has 0 unspecified atom stereocenters. The molecular weight excluding hydrogens is 311 g/mol. The molecule has 2 rings (SSSR count). The van der Waals surface area contributed by atoms with Crippen molar-refractivity contribution in [2.45, 2.75) is 27.3 Å². The van der Waals surface area contributed by atoms with Gasteiger partial charge in [0, 0.05) is 30.5 Å². The molecule has 7 heteroatoms. The van der Waals surface area contributed by atoms with Gasteiger partial charge in [-0.15, -0.1) is 0 Å². The lowest BCUT2D eigenvalue weighted by Gasteiger charge is -2.14. The summed E-state index contributed by atoms with van der Waals surface area (Å²) in [6.45, 7) is 7.20. The van der Waals surface area contributed by atoms with E-state index in [0.29, 0.717) is 12.2 Å². The molecule has 6 nitrogen and oxygen atoms in total. The predicted molar refractivity (Wildman–Crippen MR) is 90.8 cm³/mol. The average Bonchev–Trinajstić information content (AvgIpc) is 2.83. The maximum absolute atomic E-state index is 13.6. The first-order valence-electron chi connectivity index (χ1n) is 7.78. The molecule has 2 amide bonds. The number of benzene rings is 1. The first-order valence-corrected chi connectivity index (χ1v) is 7.78. The van der Waals surface area contributed by atoms with Crippen LogP contribution in [-0.2, 0) is 6.54 Å². The Bertz CT molecular complexity index is 715. The van der Waals surface area contributed by atoms with Crippen molar-refractivity contribution >= 4 is 11.7 Å². The molecule has 1 aromatic carbocycles. The minimum Gasteiger partial charge on any atom is -0.494 e. The van der Waals surface area contributed by atoms with E-state index < -0.39 is 5.82 Å². The predicted octanol–water partition coefficient (Wildman–Crippen LogP) is 3.11. The Morgan fingerprint density at radius 2 is 2.12 bits per heavy atom. The molecule has 2 N–H and O–H groups in total. The van der Waals surface area contributed by atoms with Crippen LogP contribution in [0.3, 0.4) is 0 Å². The van der Waals surface area contributed by atoms with Gasteiger partial charge in [0.05, 0.1) is 12.8 Å². The van der Waals surface area contributed by atoms with Gasteiger partial charge in [0.25, 0.3) is 0 Å². The van der Waals surface area contributed by atoms with Crippen LogP contribution in [0, 0.1) is 25.6 Å². The molecule has 130 valence electrons. The molecule has 0 aliphatic heterocycles. The maximum Gasteiger partial charge on any atom is 0.319 e. The van der Waals surface area contributed by atoms with Crippen molar-refractivity contribution in [1.29, 1.82) is 0 Å². The highest BCUT2D eigenvalue weighted by Gasteiger charge is 2.10. The second-order valence-electron chi connectivity index (χ2n) is 5.90. The van der Waals surface area contributed by atoms with Crippen LogP contribution in [0.5, 0.6) is 5.75 Å². The second kappa shape index (κ2) is 7.81. The Morgan fingerprint density at radius 3 is 2.71 bits per heavy atom. The third-order valence-corrected chi connectivity index (χ3v) is 3.61. The van der Waals surface area contributed by atoms with Crippen LogP contribution >= 0.6 is 0 Å². The van der Waals surface area contributed by atoms with Crippen molar-refractivity contribution in [1.82, 2.24) is 15.1 Å². The zero-order valence-electron chi connectivity index (χ0n) is 14.4. The first kappa shape index (κ1) is 17.8. The number of rotatable bonds is 6. The van der Waals surface area contributed by atoms with Gasteiger partial charge < -0.3 is 15.4 Å². The van der Waals surface area contributed by atoms with E-state index in [1.165, 1.54) is 19.2 Å². The van der Waals surface area contributed by atoms with Crippen molar-refractivity contribution in [2.24, 2.45) is 5.92 Å². The number of ether oxygens (including phenoxy) is 1. The highest BCUT2D eigenvalue weighted by atomic mass is 19.1. The second-order valence-corrected chi connectivity index (χ2v) is 5.90. The van der Waals surface area contributed by atoms with E-state index in [0.717, 1.165) is 17.9 Å². The Balaban J connectivity index is 1.82. The van der Waals surface area contributed by atoms with E-state index in [1.807, 2.05) is 31.5 Å². The molecule has 0 aliphatic carbocycles. The van der Waals surface area contributed by atoms with E-state index in [4.69, 9.17) is 4.74 Å². The van der Waals surface area contributed by atoms with Gasteiger partial charge in [-0.05, 0) is 38.0 Å². The molecule has 0 aliphatic rings. The van der Waals surface area contributed by atoms with Crippen molar-refractivity contribution in [3.8, 4) is 5.75 Å². The molecule has 2 aromatic rings. The van der Waals surface area contributed by atoms with Crippen molar-refractivity contribution in [3.05, 3.63) is 41.5 Å². The molecule has 0 saturated heterocycles. The van der Waals surface area contributed by atoms with Crippen LogP contribution in [0.25, 0.3) is 0 Å². The van der Waals surface area contributed by atoms with Crippen LogP contribution in [0.1, 0.15) is 18.3 Å². The fraction of sp³-hybridized carbons (Fsp3) is 0.412. The summed E-state index contributed by atoms with van der Waals surface area (Å²) in [6.07, 6.45) is 0. The van der Waals surface area contributed by atoms with Gasteiger partial charge in [-0.3, -0.25) is 4.68 Å². The number of aryl methyl sites for hydroxylation is 2. The lowest BCUT2D eigenvalue weighted by Crippen LogP contribution is -2.33. The minimum atomic E-state index is -0.520. The smallest absolute Gasteiger partial charge is 0.319 e. The van der Waals surface area contributed by atoms with Gasteiger partial charge in [0.15, 0.2) is 11.6 Å². The molecule has 0 saturated carbocycles. The van der Waals surface area contributed by atoms with E-state index in [9.17, 15) is 9.18 Å². The highest BCUT2D eigenvalue weighted by Crippen LogP contribution is 2.20. The van der Waals surface area contributed by atoms with Crippen LogP contribution in [0.15, 0.2) is 24.3 Å². The van der Waals surface area contributed by atoms with E-state index >= 15 is 0 Å². The number of hydrogen-bond donors (Lipinski definition) is 2. The SMILES string of the molecule is COc1ccc(NC(=O)NC[C@@H](C)Cn2nc(C)cc2C)cc1F. The number of carbonyl (C=O) groups excluding carboxylic acids is 1. The summed E-state index contributed by atoms with van der Waals surface area (Å²) < 4.78 is 20.4. The third-order valence-electron chi connectivity index (χ3n) is 3.61.